The fraction of sp³-hybridized carbons (Fsp3) is 1.00. The zero-order valence-corrected chi connectivity index (χ0v) is 10.6. The Morgan fingerprint density at radius 2 is 1.88 bits per heavy atom. The molecular weight excluding hydrogens is 200 g/mol. The molecule has 2 rings (SSSR count). The molecule has 3 nitrogen and oxygen atoms in total. The van der Waals surface area contributed by atoms with E-state index in [9.17, 15) is 0 Å². The van der Waals surface area contributed by atoms with E-state index < -0.39 is 0 Å². The van der Waals surface area contributed by atoms with Gasteiger partial charge in [0.15, 0.2) is 0 Å². The van der Waals surface area contributed by atoms with Gasteiger partial charge in [0.2, 0.25) is 0 Å². The summed E-state index contributed by atoms with van der Waals surface area (Å²) in [6, 6.07) is 0.741. The van der Waals surface area contributed by atoms with Gasteiger partial charge in [-0.3, -0.25) is 4.90 Å². The van der Waals surface area contributed by atoms with Crippen LogP contribution in [0, 0.1) is 5.92 Å². The lowest BCUT2D eigenvalue weighted by molar-refractivity contribution is 0.0272. The van der Waals surface area contributed by atoms with Crippen molar-refractivity contribution in [1.82, 2.24) is 10.2 Å². The molecular formula is C13H26N2O. The number of nitrogens with zero attached hydrogens (tertiary/aromatic N) is 1. The standard InChI is InChI=1S/C13H26N2O/c1-14-13-6-4-2-3-5-12(13)11-15-7-9-16-10-8-15/h12-14H,2-11H2,1H3. The van der Waals surface area contributed by atoms with Crippen LogP contribution < -0.4 is 5.32 Å². The third kappa shape index (κ3) is 3.44. The van der Waals surface area contributed by atoms with E-state index in [1.807, 2.05) is 0 Å². The number of hydrogen-bond acceptors (Lipinski definition) is 3. The van der Waals surface area contributed by atoms with E-state index >= 15 is 0 Å². The van der Waals surface area contributed by atoms with Crippen LogP contribution >= 0.6 is 0 Å². The van der Waals surface area contributed by atoms with E-state index in [0.29, 0.717) is 0 Å². The number of rotatable bonds is 3. The Hall–Kier alpha value is -0.120. The molecule has 1 heterocycles. The SMILES string of the molecule is CNC1CCCCCC1CN1CCOCC1. The van der Waals surface area contributed by atoms with Gasteiger partial charge in [-0.25, -0.2) is 0 Å². The van der Waals surface area contributed by atoms with Gasteiger partial charge in [0.05, 0.1) is 13.2 Å². The molecule has 1 aliphatic carbocycles. The Morgan fingerprint density at radius 1 is 1.12 bits per heavy atom. The topological polar surface area (TPSA) is 24.5 Å². The molecule has 0 aromatic carbocycles. The minimum atomic E-state index is 0.741. The summed E-state index contributed by atoms with van der Waals surface area (Å²) in [5.74, 6) is 0.852. The van der Waals surface area contributed by atoms with Crippen molar-refractivity contribution in [2.45, 2.75) is 38.1 Å². The maximum absolute atomic E-state index is 5.41. The fourth-order valence-electron chi connectivity index (χ4n) is 3.10. The average molecular weight is 226 g/mol. The van der Waals surface area contributed by atoms with Gasteiger partial charge in [0.25, 0.3) is 0 Å². The third-order valence-electron chi connectivity index (χ3n) is 4.13. The predicted octanol–water partition coefficient (Wildman–Crippen LogP) is 1.49. The molecule has 0 radical (unpaired) electrons. The second-order valence-corrected chi connectivity index (χ2v) is 5.21. The van der Waals surface area contributed by atoms with E-state index in [2.05, 4.69) is 17.3 Å². The molecule has 1 saturated carbocycles. The molecule has 0 bridgehead atoms. The summed E-state index contributed by atoms with van der Waals surface area (Å²) in [4.78, 5) is 2.59. The maximum atomic E-state index is 5.41. The van der Waals surface area contributed by atoms with Crippen molar-refractivity contribution in [3.05, 3.63) is 0 Å². The van der Waals surface area contributed by atoms with E-state index in [-0.39, 0.29) is 0 Å². The Labute approximate surface area is 99.5 Å². The monoisotopic (exact) mass is 226 g/mol. The highest BCUT2D eigenvalue weighted by Crippen LogP contribution is 2.24. The van der Waals surface area contributed by atoms with Gasteiger partial charge in [-0.15, -0.1) is 0 Å². The van der Waals surface area contributed by atoms with Gasteiger partial charge >= 0.3 is 0 Å². The quantitative estimate of drug-likeness (QED) is 0.738. The lowest BCUT2D eigenvalue weighted by atomic mass is 9.94. The Balaban J connectivity index is 1.83. The molecule has 2 fully saturated rings. The third-order valence-corrected chi connectivity index (χ3v) is 4.13. The van der Waals surface area contributed by atoms with Gasteiger partial charge in [-0.1, -0.05) is 19.3 Å². The van der Waals surface area contributed by atoms with Crippen LogP contribution in [0.15, 0.2) is 0 Å². The minimum absolute atomic E-state index is 0.741. The van der Waals surface area contributed by atoms with Crippen LogP contribution in [0.5, 0.6) is 0 Å². The molecule has 1 saturated heterocycles. The Bertz CT molecular complexity index is 192. The maximum Gasteiger partial charge on any atom is 0.0594 e. The summed E-state index contributed by atoms with van der Waals surface area (Å²) in [7, 11) is 2.13. The Morgan fingerprint density at radius 3 is 2.62 bits per heavy atom. The highest BCUT2D eigenvalue weighted by Gasteiger charge is 2.24. The molecule has 16 heavy (non-hydrogen) atoms. The van der Waals surface area contributed by atoms with Gasteiger partial charge < -0.3 is 10.1 Å². The molecule has 0 aromatic rings. The van der Waals surface area contributed by atoms with Crippen molar-refractivity contribution in [2.75, 3.05) is 39.9 Å². The highest BCUT2D eigenvalue weighted by molar-refractivity contribution is 4.81. The zero-order valence-electron chi connectivity index (χ0n) is 10.6. The first-order chi connectivity index (χ1) is 7.90. The first kappa shape index (κ1) is 12.3. The van der Waals surface area contributed by atoms with Crippen LogP contribution in [-0.2, 0) is 4.74 Å². The number of hydrogen-bond donors (Lipinski definition) is 1. The second-order valence-electron chi connectivity index (χ2n) is 5.21. The van der Waals surface area contributed by atoms with Gasteiger partial charge in [-0.05, 0) is 25.8 Å². The van der Waals surface area contributed by atoms with Crippen molar-refractivity contribution >= 4 is 0 Å². The molecule has 3 heteroatoms. The van der Waals surface area contributed by atoms with Crippen molar-refractivity contribution in [3.63, 3.8) is 0 Å². The van der Waals surface area contributed by atoms with E-state index in [1.54, 1.807) is 0 Å². The smallest absolute Gasteiger partial charge is 0.0594 e. The highest BCUT2D eigenvalue weighted by atomic mass is 16.5. The van der Waals surface area contributed by atoms with Crippen LogP contribution in [0.25, 0.3) is 0 Å². The lowest BCUT2D eigenvalue weighted by Gasteiger charge is -2.33. The first-order valence-electron chi connectivity index (χ1n) is 6.87. The van der Waals surface area contributed by atoms with E-state index in [4.69, 9.17) is 4.74 Å². The molecule has 2 atom stereocenters. The van der Waals surface area contributed by atoms with Crippen molar-refractivity contribution in [2.24, 2.45) is 5.92 Å². The Kier molecular flexibility index (Phi) is 5.07. The van der Waals surface area contributed by atoms with Crippen LogP contribution in [0.3, 0.4) is 0 Å². The van der Waals surface area contributed by atoms with Crippen LogP contribution in [0.1, 0.15) is 32.1 Å². The van der Waals surface area contributed by atoms with Crippen molar-refractivity contribution < 1.29 is 4.74 Å². The first-order valence-corrected chi connectivity index (χ1v) is 6.87. The van der Waals surface area contributed by atoms with E-state index in [0.717, 1.165) is 38.3 Å². The molecule has 2 unspecified atom stereocenters. The molecule has 94 valence electrons. The number of nitrogens with one attached hydrogen (secondary N) is 1. The van der Waals surface area contributed by atoms with Crippen molar-refractivity contribution in [3.8, 4) is 0 Å². The van der Waals surface area contributed by atoms with Crippen LogP contribution in [0.4, 0.5) is 0 Å². The second kappa shape index (κ2) is 6.58. The summed E-state index contributed by atoms with van der Waals surface area (Å²) in [5.41, 5.74) is 0. The summed E-state index contributed by atoms with van der Waals surface area (Å²) in [5, 5.41) is 3.53. The lowest BCUT2D eigenvalue weighted by Crippen LogP contribution is -2.44. The van der Waals surface area contributed by atoms with Crippen molar-refractivity contribution in [1.29, 1.82) is 0 Å². The van der Waals surface area contributed by atoms with Gasteiger partial charge in [0, 0.05) is 25.7 Å². The van der Waals surface area contributed by atoms with Gasteiger partial charge in [-0.2, -0.15) is 0 Å². The molecule has 1 N–H and O–H groups in total. The number of ether oxygens (including phenoxy) is 1. The van der Waals surface area contributed by atoms with Crippen LogP contribution in [0.2, 0.25) is 0 Å². The molecule has 0 aromatic heterocycles. The van der Waals surface area contributed by atoms with Crippen LogP contribution in [-0.4, -0.2) is 50.8 Å². The summed E-state index contributed by atoms with van der Waals surface area (Å²) in [6.07, 6.45) is 7.03. The summed E-state index contributed by atoms with van der Waals surface area (Å²) < 4.78 is 5.41. The molecule has 0 amide bonds. The van der Waals surface area contributed by atoms with E-state index in [1.165, 1.54) is 38.6 Å². The largest absolute Gasteiger partial charge is 0.379 e. The summed E-state index contributed by atoms with van der Waals surface area (Å²) >= 11 is 0. The predicted molar refractivity (Wildman–Crippen MR) is 66.7 cm³/mol. The summed E-state index contributed by atoms with van der Waals surface area (Å²) in [6.45, 7) is 5.39. The van der Waals surface area contributed by atoms with Gasteiger partial charge in [0.1, 0.15) is 0 Å². The molecule has 2 aliphatic rings. The molecule has 1 aliphatic heterocycles. The number of morpholine rings is 1. The fourth-order valence-corrected chi connectivity index (χ4v) is 3.10. The minimum Gasteiger partial charge on any atom is -0.379 e. The molecule has 0 spiro atoms. The zero-order chi connectivity index (χ0) is 11.2. The average Bonchev–Trinajstić information content (AvgIpc) is 2.55. The normalized spacial score (nSPS) is 33.6.